The number of rotatable bonds is 0. The minimum atomic E-state index is -4.27. The van der Waals surface area contributed by atoms with Gasteiger partial charge in [0.2, 0.25) is 0 Å². The third-order valence-corrected chi connectivity index (χ3v) is 2.29. The van der Waals surface area contributed by atoms with Gasteiger partial charge in [-0.3, -0.25) is 0 Å². The lowest BCUT2D eigenvalue weighted by Crippen LogP contribution is -2.19. The van der Waals surface area contributed by atoms with Gasteiger partial charge in [-0.25, -0.2) is 0 Å². The van der Waals surface area contributed by atoms with Crippen LogP contribution in [0.3, 0.4) is 0 Å². The molecule has 0 N–H and O–H groups in total. The molecule has 0 spiro atoms. The van der Waals surface area contributed by atoms with Gasteiger partial charge in [0.15, 0.2) is 0 Å². The first kappa shape index (κ1) is 12.1. The third-order valence-electron chi connectivity index (χ3n) is 2.29. The molecule has 3 heteroatoms. The fourth-order valence-corrected chi connectivity index (χ4v) is 1.55. The highest BCUT2D eigenvalue weighted by Crippen LogP contribution is 2.37. The SMILES string of the molecule is Cc1ccc(C(C)(C)C)c(C(F)(F)F)c1. The molecule has 84 valence electrons. The lowest BCUT2D eigenvalue weighted by atomic mass is 9.83. The Morgan fingerprint density at radius 3 is 1.87 bits per heavy atom. The Hall–Kier alpha value is -0.990. The number of hydrogen-bond donors (Lipinski definition) is 0. The van der Waals surface area contributed by atoms with Gasteiger partial charge in [0.25, 0.3) is 0 Å². The van der Waals surface area contributed by atoms with E-state index < -0.39 is 17.2 Å². The molecule has 0 aromatic heterocycles. The van der Waals surface area contributed by atoms with E-state index in [1.165, 1.54) is 6.07 Å². The monoisotopic (exact) mass is 216 g/mol. The number of hydrogen-bond acceptors (Lipinski definition) is 0. The molecule has 0 aliphatic carbocycles. The second-order valence-corrected chi connectivity index (χ2v) is 4.80. The molecule has 0 aliphatic heterocycles. The molecule has 0 atom stereocenters. The molecule has 0 radical (unpaired) electrons. The van der Waals surface area contributed by atoms with E-state index in [1.807, 2.05) is 0 Å². The minimum absolute atomic E-state index is 0.348. The van der Waals surface area contributed by atoms with Crippen LogP contribution in [0.2, 0.25) is 0 Å². The summed E-state index contributed by atoms with van der Waals surface area (Å²) in [5, 5.41) is 0. The number of benzene rings is 1. The van der Waals surface area contributed by atoms with Gasteiger partial charge in [0, 0.05) is 0 Å². The normalized spacial score (nSPS) is 13.0. The predicted molar refractivity (Wildman–Crippen MR) is 54.9 cm³/mol. The van der Waals surface area contributed by atoms with Gasteiger partial charge in [-0.05, 0) is 24.0 Å². The first-order chi connectivity index (χ1) is 6.62. The van der Waals surface area contributed by atoms with Crippen LogP contribution < -0.4 is 0 Å². The molecule has 1 rings (SSSR count). The fourth-order valence-electron chi connectivity index (χ4n) is 1.55. The van der Waals surface area contributed by atoms with Crippen LogP contribution in [-0.4, -0.2) is 0 Å². The summed E-state index contributed by atoms with van der Waals surface area (Å²) in [5.74, 6) is 0. The molecule has 1 aromatic carbocycles. The summed E-state index contributed by atoms with van der Waals surface area (Å²) < 4.78 is 38.3. The molecule has 15 heavy (non-hydrogen) atoms. The van der Waals surface area contributed by atoms with Gasteiger partial charge in [-0.2, -0.15) is 13.2 Å². The van der Waals surface area contributed by atoms with Crippen molar-refractivity contribution in [1.82, 2.24) is 0 Å². The average Bonchev–Trinajstić information content (AvgIpc) is 2.00. The van der Waals surface area contributed by atoms with Gasteiger partial charge in [-0.1, -0.05) is 38.5 Å². The highest BCUT2D eigenvalue weighted by molar-refractivity contribution is 5.37. The number of alkyl halides is 3. The van der Waals surface area contributed by atoms with Gasteiger partial charge in [0.05, 0.1) is 5.56 Å². The van der Waals surface area contributed by atoms with Crippen molar-refractivity contribution < 1.29 is 13.2 Å². The summed E-state index contributed by atoms with van der Waals surface area (Å²) in [6.45, 7) is 7.02. The van der Waals surface area contributed by atoms with Crippen molar-refractivity contribution in [3.63, 3.8) is 0 Å². The van der Waals surface area contributed by atoms with Crippen molar-refractivity contribution in [3.8, 4) is 0 Å². The van der Waals surface area contributed by atoms with Crippen LogP contribution in [0.5, 0.6) is 0 Å². The Morgan fingerprint density at radius 2 is 1.47 bits per heavy atom. The predicted octanol–water partition coefficient (Wildman–Crippen LogP) is 4.31. The summed E-state index contributed by atoms with van der Waals surface area (Å²) in [5.41, 5.74) is -0.0237. The van der Waals surface area contributed by atoms with E-state index >= 15 is 0 Å². The quantitative estimate of drug-likeness (QED) is 0.606. The highest BCUT2D eigenvalue weighted by Gasteiger charge is 2.36. The van der Waals surface area contributed by atoms with Gasteiger partial charge >= 0.3 is 6.18 Å². The van der Waals surface area contributed by atoms with Gasteiger partial charge in [0.1, 0.15) is 0 Å². The van der Waals surface area contributed by atoms with Gasteiger partial charge < -0.3 is 0 Å². The van der Waals surface area contributed by atoms with E-state index in [2.05, 4.69) is 0 Å². The van der Waals surface area contributed by atoms with Crippen molar-refractivity contribution in [2.45, 2.75) is 39.3 Å². The van der Waals surface area contributed by atoms with E-state index in [1.54, 1.807) is 39.8 Å². The maximum atomic E-state index is 12.8. The fraction of sp³-hybridized carbons (Fsp3) is 0.500. The number of halogens is 3. The molecule has 0 amide bonds. The first-order valence-corrected chi connectivity index (χ1v) is 4.80. The molecular weight excluding hydrogens is 201 g/mol. The number of aryl methyl sites for hydroxylation is 1. The largest absolute Gasteiger partial charge is 0.416 e. The second kappa shape index (κ2) is 3.54. The molecule has 0 bridgehead atoms. The van der Waals surface area contributed by atoms with Crippen LogP contribution in [0.15, 0.2) is 18.2 Å². The van der Waals surface area contributed by atoms with Gasteiger partial charge in [-0.15, -0.1) is 0 Å². The maximum Gasteiger partial charge on any atom is 0.416 e. The molecule has 0 aliphatic rings. The zero-order valence-corrected chi connectivity index (χ0v) is 9.37. The highest BCUT2D eigenvalue weighted by atomic mass is 19.4. The van der Waals surface area contributed by atoms with Crippen LogP contribution in [0.4, 0.5) is 13.2 Å². The summed E-state index contributed by atoms with van der Waals surface area (Å²) >= 11 is 0. The second-order valence-electron chi connectivity index (χ2n) is 4.80. The molecule has 0 saturated heterocycles. The van der Waals surface area contributed by atoms with E-state index in [-0.39, 0.29) is 0 Å². The molecular formula is C12H15F3. The Balaban J connectivity index is 3.41. The lowest BCUT2D eigenvalue weighted by Gasteiger charge is -2.24. The first-order valence-electron chi connectivity index (χ1n) is 4.80. The van der Waals surface area contributed by atoms with Crippen LogP contribution in [0.25, 0.3) is 0 Å². The summed E-state index contributed by atoms with van der Waals surface area (Å²) in [6, 6.07) is 4.49. The molecule has 0 heterocycles. The van der Waals surface area contributed by atoms with Crippen molar-refractivity contribution >= 4 is 0 Å². The Morgan fingerprint density at radius 1 is 0.933 bits per heavy atom. The average molecular weight is 216 g/mol. The molecule has 0 fully saturated rings. The summed E-state index contributed by atoms with van der Waals surface area (Å²) in [7, 11) is 0. The smallest absolute Gasteiger partial charge is 0.166 e. The maximum absolute atomic E-state index is 12.8. The Labute approximate surface area is 88.1 Å². The van der Waals surface area contributed by atoms with E-state index in [4.69, 9.17) is 0 Å². The molecule has 1 aromatic rings. The van der Waals surface area contributed by atoms with Crippen LogP contribution in [0, 0.1) is 6.92 Å². The van der Waals surface area contributed by atoms with Crippen LogP contribution in [0.1, 0.15) is 37.5 Å². The minimum Gasteiger partial charge on any atom is -0.166 e. The zero-order valence-electron chi connectivity index (χ0n) is 9.37. The van der Waals surface area contributed by atoms with E-state index in [0.29, 0.717) is 11.1 Å². The molecule has 0 unspecified atom stereocenters. The standard InChI is InChI=1S/C12H15F3/c1-8-5-6-9(11(2,3)4)10(7-8)12(13,14)15/h5-7H,1-4H3. The van der Waals surface area contributed by atoms with Crippen molar-refractivity contribution in [1.29, 1.82) is 0 Å². The van der Waals surface area contributed by atoms with E-state index in [0.717, 1.165) is 0 Å². The zero-order chi connectivity index (χ0) is 11.9. The van der Waals surface area contributed by atoms with Crippen molar-refractivity contribution in [2.24, 2.45) is 0 Å². The van der Waals surface area contributed by atoms with Crippen molar-refractivity contribution in [2.75, 3.05) is 0 Å². The molecule has 0 saturated carbocycles. The topological polar surface area (TPSA) is 0 Å². The summed E-state index contributed by atoms with van der Waals surface area (Å²) in [4.78, 5) is 0. The van der Waals surface area contributed by atoms with Crippen molar-refractivity contribution in [3.05, 3.63) is 34.9 Å². The van der Waals surface area contributed by atoms with Crippen LogP contribution >= 0.6 is 0 Å². The Kier molecular flexibility index (Phi) is 2.85. The lowest BCUT2D eigenvalue weighted by molar-refractivity contribution is -0.138. The third kappa shape index (κ3) is 2.74. The van der Waals surface area contributed by atoms with E-state index in [9.17, 15) is 13.2 Å². The summed E-state index contributed by atoms with van der Waals surface area (Å²) in [6.07, 6.45) is -4.27. The van der Waals surface area contributed by atoms with Crippen LogP contribution in [-0.2, 0) is 11.6 Å². The molecule has 0 nitrogen and oxygen atoms in total. The Bertz CT molecular complexity index is 356.